The second-order valence-electron chi connectivity index (χ2n) is 4.01. The van der Waals surface area contributed by atoms with Gasteiger partial charge in [-0.3, -0.25) is 9.59 Å². The number of hydrogen-bond acceptors (Lipinski definition) is 3. The van der Waals surface area contributed by atoms with Gasteiger partial charge in [0.1, 0.15) is 0 Å². The molecule has 0 aromatic rings. The summed E-state index contributed by atoms with van der Waals surface area (Å²) in [6.07, 6.45) is 6.29. The second-order valence-corrected chi connectivity index (χ2v) is 4.46. The van der Waals surface area contributed by atoms with Gasteiger partial charge in [0.2, 0.25) is 11.8 Å². The molecule has 0 aliphatic carbocycles. The van der Waals surface area contributed by atoms with Crippen LogP contribution in [0.4, 0.5) is 0 Å². The number of rotatable bonds is 10. The molecule has 0 aromatic heterocycles. The van der Waals surface area contributed by atoms with E-state index in [2.05, 4.69) is 23.3 Å². The summed E-state index contributed by atoms with van der Waals surface area (Å²) in [7, 11) is 1.66. The SMILES string of the molecule is CNC(=O)CCCCCCCC(=O)NCCS. The van der Waals surface area contributed by atoms with Crippen molar-refractivity contribution in [2.24, 2.45) is 0 Å². The van der Waals surface area contributed by atoms with E-state index < -0.39 is 0 Å². The summed E-state index contributed by atoms with van der Waals surface area (Å²) in [5.74, 6) is 0.908. The molecular weight excluding hydrogens is 236 g/mol. The lowest BCUT2D eigenvalue weighted by molar-refractivity contribution is -0.121. The molecule has 0 radical (unpaired) electrons. The van der Waals surface area contributed by atoms with Crippen LogP contribution in [0.2, 0.25) is 0 Å². The topological polar surface area (TPSA) is 58.2 Å². The van der Waals surface area contributed by atoms with Crippen molar-refractivity contribution in [3.05, 3.63) is 0 Å². The third-order valence-electron chi connectivity index (χ3n) is 2.52. The van der Waals surface area contributed by atoms with Crippen LogP contribution < -0.4 is 10.6 Å². The molecule has 2 N–H and O–H groups in total. The minimum atomic E-state index is 0.108. The monoisotopic (exact) mass is 260 g/mol. The highest BCUT2D eigenvalue weighted by Gasteiger charge is 2.00. The van der Waals surface area contributed by atoms with Crippen LogP contribution in [-0.4, -0.2) is 31.2 Å². The number of hydrogen-bond donors (Lipinski definition) is 3. The average molecular weight is 260 g/mol. The maximum absolute atomic E-state index is 11.2. The first-order valence-corrected chi connectivity index (χ1v) is 6.92. The highest BCUT2D eigenvalue weighted by molar-refractivity contribution is 7.80. The fourth-order valence-electron chi connectivity index (χ4n) is 1.51. The van der Waals surface area contributed by atoms with Gasteiger partial charge in [0.15, 0.2) is 0 Å². The van der Waals surface area contributed by atoms with Gasteiger partial charge in [-0.05, 0) is 12.8 Å². The predicted octanol–water partition coefficient (Wildman–Crippen LogP) is 1.51. The first-order chi connectivity index (χ1) is 8.20. The van der Waals surface area contributed by atoms with Crippen molar-refractivity contribution in [1.82, 2.24) is 10.6 Å². The predicted molar refractivity (Wildman–Crippen MR) is 73.2 cm³/mol. The first-order valence-electron chi connectivity index (χ1n) is 6.29. The van der Waals surface area contributed by atoms with Gasteiger partial charge < -0.3 is 10.6 Å². The Morgan fingerprint density at radius 1 is 0.941 bits per heavy atom. The zero-order valence-corrected chi connectivity index (χ0v) is 11.5. The molecule has 17 heavy (non-hydrogen) atoms. The molecule has 4 nitrogen and oxygen atoms in total. The summed E-state index contributed by atoms with van der Waals surface area (Å²) >= 11 is 4.02. The third kappa shape index (κ3) is 11.6. The average Bonchev–Trinajstić information content (AvgIpc) is 2.34. The number of amides is 2. The van der Waals surface area contributed by atoms with E-state index in [1.54, 1.807) is 7.05 Å². The van der Waals surface area contributed by atoms with Gasteiger partial charge in [-0.25, -0.2) is 0 Å². The molecule has 0 atom stereocenters. The van der Waals surface area contributed by atoms with Gasteiger partial charge in [-0.2, -0.15) is 12.6 Å². The lowest BCUT2D eigenvalue weighted by atomic mass is 10.1. The normalized spacial score (nSPS) is 10.0. The molecule has 5 heteroatoms. The molecule has 0 aliphatic rings. The number of carbonyl (C=O) groups excluding carboxylic acids is 2. The number of nitrogens with one attached hydrogen (secondary N) is 2. The maximum atomic E-state index is 11.2. The van der Waals surface area contributed by atoms with E-state index in [9.17, 15) is 9.59 Å². The summed E-state index contributed by atoms with van der Waals surface area (Å²) in [4.78, 5) is 22.1. The Hall–Kier alpha value is -0.710. The van der Waals surface area contributed by atoms with E-state index in [1.165, 1.54) is 0 Å². The van der Waals surface area contributed by atoms with Crippen LogP contribution in [0.5, 0.6) is 0 Å². The van der Waals surface area contributed by atoms with E-state index >= 15 is 0 Å². The van der Waals surface area contributed by atoms with Crippen LogP contribution in [-0.2, 0) is 9.59 Å². The van der Waals surface area contributed by atoms with Crippen LogP contribution in [0.25, 0.3) is 0 Å². The highest BCUT2D eigenvalue weighted by atomic mass is 32.1. The van der Waals surface area contributed by atoms with Crippen molar-refractivity contribution in [2.75, 3.05) is 19.3 Å². The maximum Gasteiger partial charge on any atom is 0.220 e. The molecule has 0 spiro atoms. The van der Waals surface area contributed by atoms with Crippen LogP contribution >= 0.6 is 12.6 Å². The molecule has 0 rings (SSSR count). The van der Waals surface area contributed by atoms with Gasteiger partial charge in [0.05, 0.1) is 0 Å². The number of carbonyl (C=O) groups is 2. The largest absolute Gasteiger partial charge is 0.359 e. The summed E-state index contributed by atoms with van der Waals surface area (Å²) in [5, 5.41) is 5.39. The van der Waals surface area contributed by atoms with E-state index in [0.29, 0.717) is 25.1 Å². The third-order valence-corrected chi connectivity index (χ3v) is 2.74. The molecule has 0 bridgehead atoms. The molecule has 0 unspecified atom stereocenters. The summed E-state index contributed by atoms with van der Waals surface area (Å²) in [5.41, 5.74) is 0. The Balaban J connectivity index is 3.18. The quantitative estimate of drug-likeness (QED) is 0.412. The molecule has 0 aromatic carbocycles. The van der Waals surface area contributed by atoms with E-state index in [0.717, 1.165) is 32.1 Å². The molecule has 2 amide bonds. The Labute approximate surface area is 109 Å². The molecule has 0 fully saturated rings. The molecule has 0 saturated carbocycles. The molecular formula is C12H24N2O2S. The molecule has 0 aliphatic heterocycles. The number of unbranched alkanes of at least 4 members (excludes halogenated alkanes) is 4. The van der Waals surface area contributed by atoms with Crippen molar-refractivity contribution in [3.63, 3.8) is 0 Å². The van der Waals surface area contributed by atoms with Crippen LogP contribution in [0, 0.1) is 0 Å². The standard InChI is InChI=1S/C12H24N2O2S/c1-13-11(15)7-5-3-2-4-6-8-12(16)14-9-10-17/h17H,2-10H2,1H3,(H,13,15)(H,14,16). The second kappa shape index (κ2) is 11.8. The first kappa shape index (κ1) is 16.3. The van der Waals surface area contributed by atoms with Gasteiger partial charge in [-0.15, -0.1) is 0 Å². The minimum Gasteiger partial charge on any atom is -0.359 e. The van der Waals surface area contributed by atoms with Crippen LogP contribution in [0.3, 0.4) is 0 Å². The van der Waals surface area contributed by atoms with Crippen molar-refractivity contribution in [1.29, 1.82) is 0 Å². The Morgan fingerprint density at radius 2 is 1.47 bits per heavy atom. The van der Waals surface area contributed by atoms with Crippen molar-refractivity contribution < 1.29 is 9.59 Å². The number of thiol groups is 1. The Morgan fingerprint density at radius 3 is 2.00 bits per heavy atom. The van der Waals surface area contributed by atoms with Crippen LogP contribution in [0.1, 0.15) is 44.9 Å². The lowest BCUT2D eigenvalue weighted by Crippen LogP contribution is -2.24. The summed E-state index contributed by atoms with van der Waals surface area (Å²) in [6.45, 7) is 0.647. The summed E-state index contributed by atoms with van der Waals surface area (Å²) < 4.78 is 0. The van der Waals surface area contributed by atoms with Crippen LogP contribution in [0.15, 0.2) is 0 Å². The van der Waals surface area contributed by atoms with Gasteiger partial charge >= 0.3 is 0 Å². The van der Waals surface area contributed by atoms with Gasteiger partial charge in [0, 0.05) is 32.2 Å². The van der Waals surface area contributed by atoms with E-state index in [-0.39, 0.29) is 11.8 Å². The fourth-order valence-corrected chi connectivity index (χ4v) is 1.62. The highest BCUT2D eigenvalue weighted by Crippen LogP contribution is 2.07. The molecule has 100 valence electrons. The lowest BCUT2D eigenvalue weighted by Gasteiger charge is -2.03. The zero-order valence-electron chi connectivity index (χ0n) is 10.6. The van der Waals surface area contributed by atoms with Gasteiger partial charge in [-0.1, -0.05) is 19.3 Å². The smallest absolute Gasteiger partial charge is 0.220 e. The molecule has 0 heterocycles. The van der Waals surface area contributed by atoms with Crippen molar-refractivity contribution in [2.45, 2.75) is 44.9 Å². The van der Waals surface area contributed by atoms with E-state index in [1.807, 2.05) is 0 Å². The van der Waals surface area contributed by atoms with Crippen molar-refractivity contribution in [3.8, 4) is 0 Å². The van der Waals surface area contributed by atoms with Crippen molar-refractivity contribution >= 4 is 24.4 Å². The minimum absolute atomic E-state index is 0.108. The summed E-state index contributed by atoms with van der Waals surface area (Å²) in [6, 6.07) is 0. The van der Waals surface area contributed by atoms with E-state index in [4.69, 9.17) is 0 Å². The Bertz CT molecular complexity index is 223. The Kier molecular flexibility index (Phi) is 11.3. The van der Waals surface area contributed by atoms with Gasteiger partial charge in [0.25, 0.3) is 0 Å². The fraction of sp³-hybridized carbons (Fsp3) is 0.833. The molecule has 0 saturated heterocycles. The zero-order chi connectivity index (χ0) is 12.9.